The molecule has 2 nitrogen and oxygen atoms in total. The Morgan fingerprint density at radius 3 is 2.62 bits per heavy atom. The van der Waals surface area contributed by atoms with E-state index in [1.54, 1.807) is 0 Å². The first-order chi connectivity index (χ1) is 6.33. The third-order valence-electron chi connectivity index (χ3n) is 2.00. The summed E-state index contributed by atoms with van der Waals surface area (Å²) in [6, 6.07) is 10.4. The lowest BCUT2D eigenvalue weighted by molar-refractivity contribution is 0.627. The maximum absolute atomic E-state index is 5.87. The minimum absolute atomic E-state index is 0.269. The molecule has 72 valence electrons. The van der Waals surface area contributed by atoms with Crippen LogP contribution in [0.2, 0.25) is 0 Å². The number of benzene rings is 1. The van der Waals surface area contributed by atoms with E-state index in [1.807, 2.05) is 18.2 Å². The number of hydrogen-bond acceptors (Lipinski definition) is 2. The van der Waals surface area contributed by atoms with E-state index >= 15 is 0 Å². The molecule has 0 saturated heterocycles. The Hall–Kier alpha value is -1.02. The molecule has 1 aromatic rings. The second-order valence-electron chi connectivity index (χ2n) is 3.30. The van der Waals surface area contributed by atoms with Gasteiger partial charge in [-0.15, -0.1) is 0 Å². The lowest BCUT2D eigenvalue weighted by Gasteiger charge is -2.12. The van der Waals surface area contributed by atoms with Gasteiger partial charge in [-0.05, 0) is 18.6 Å². The highest BCUT2D eigenvalue weighted by Crippen LogP contribution is 2.05. The molecule has 0 aromatic heterocycles. The van der Waals surface area contributed by atoms with Crippen molar-refractivity contribution in [1.29, 1.82) is 0 Å². The van der Waals surface area contributed by atoms with Crippen LogP contribution in [0.1, 0.15) is 19.8 Å². The second kappa shape index (κ2) is 5.60. The molecule has 0 fully saturated rings. The highest BCUT2D eigenvalue weighted by molar-refractivity contribution is 5.42. The molecule has 0 amide bonds. The summed E-state index contributed by atoms with van der Waals surface area (Å²) in [7, 11) is 0. The standard InChI is InChI=1S/C11H18N2/c1-2-6-10(12)9-13-11-7-4-3-5-8-11/h3-5,7-8,10,13H,2,6,9,12H2,1H3/t10-/m1/s1. The van der Waals surface area contributed by atoms with Gasteiger partial charge in [0.1, 0.15) is 0 Å². The molecule has 1 rings (SSSR count). The van der Waals surface area contributed by atoms with Gasteiger partial charge in [0, 0.05) is 18.3 Å². The molecule has 0 bridgehead atoms. The maximum Gasteiger partial charge on any atom is 0.0340 e. The molecule has 0 saturated carbocycles. The van der Waals surface area contributed by atoms with Crippen LogP contribution in [0.15, 0.2) is 30.3 Å². The van der Waals surface area contributed by atoms with Crippen LogP contribution in [0, 0.1) is 0 Å². The van der Waals surface area contributed by atoms with Crippen molar-refractivity contribution in [2.45, 2.75) is 25.8 Å². The number of nitrogens with two attached hydrogens (primary N) is 1. The van der Waals surface area contributed by atoms with Crippen molar-refractivity contribution >= 4 is 5.69 Å². The minimum Gasteiger partial charge on any atom is -0.383 e. The molecule has 1 aromatic carbocycles. The fourth-order valence-corrected chi connectivity index (χ4v) is 1.28. The number of anilines is 1. The van der Waals surface area contributed by atoms with Crippen molar-refractivity contribution in [3.05, 3.63) is 30.3 Å². The number of nitrogens with one attached hydrogen (secondary N) is 1. The number of rotatable bonds is 5. The summed E-state index contributed by atoms with van der Waals surface area (Å²) in [5, 5.41) is 3.30. The predicted molar refractivity (Wildman–Crippen MR) is 57.8 cm³/mol. The Morgan fingerprint density at radius 1 is 1.31 bits per heavy atom. The lowest BCUT2D eigenvalue weighted by atomic mass is 10.2. The third kappa shape index (κ3) is 3.95. The summed E-state index contributed by atoms with van der Waals surface area (Å²) < 4.78 is 0. The Balaban J connectivity index is 2.27. The number of hydrogen-bond donors (Lipinski definition) is 2. The van der Waals surface area contributed by atoms with Gasteiger partial charge in [-0.25, -0.2) is 0 Å². The van der Waals surface area contributed by atoms with Crippen molar-refractivity contribution in [2.24, 2.45) is 5.73 Å². The molecular weight excluding hydrogens is 160 g/mol. The molecule has 1 atom stereocenters. The van der Waals surface area contributed by atoms with Crippen LogP contribution in [0.25, 0.3) is 0 Å². The Kier molecular flexibility index (Phi) is 4.33. The van der Waals surface area contributed by atoms with Crippen LogP contribution in [-0.2, 0) is 0 Å². The lowest BCUT2D eigenvalue weighted by Crippen LogP contribution is -2.28. The van der Waals surface area contributed by atoms with Crippen LogP contribution < -0.4 is 11.1 Å². The summed E-state index contributed by atoms with van der Waals surface area (Å²) in [6.07, 6.45) is 2.23. The van der Waals surface area contributed by atoms with Crippen LogP contribution >= 0.6 is 0 Å². The first kappa shape index (κ1) is 10.1. The van der Waals surface area contributed by atoms with Gasteiger partial charge in [0.15, 0.2) is 0 Å². The zero-order chi connectivity index (χ0) is 9.52. The van der Waals surface area contributed by atoms with E-state index in [4.69, 9.17) is 5.73 Å². The summed E-state index contributed by atoms with van der Waals surface area (Å²) in [5.41, 5.74) is 7.02. The van der Waals surface area contributed by atoms with Gasteiger partial charge in [-0.2, -0.15) is 0 Å². The highest BCUT2D eigenvalue weighted by atomic mass is 14.9. The first-order valence-corrected chi connectivity index (χ1v) is 4.87. The quantitative estimate of drug-likeness (QED) is 0.725. The van der Waals surface area contributed by atoms with E-state index in [-0.39, 0.29) is 6.04 Å². The van der Waals surface area contributed by atoms with Crippen molar-refractivity contribution in [1.82, 2.24) is 0 Å². The highest BCUT2D eigenvalue weighted by Gasteiger charge is 1.99. The second-order valence-corrected chi connectivity index (χ2v) is 3.30. The van der Waals surface area contributed by atoms with Gasteiger partial charge in [-0.3, -0.25) is 0 Å². The zero-order valence-corrected chi connectivity index (χ0v) is 8.16. The van der Waals surface area contributed by atoms with E-state index in [0.29, 0.717) is 0 Å². The van der Waals surface area contributed by atoms with E-state index < -0.39 is 0 Å². The Morgan fingerprint density at radius 2 is 2.00 bits per heavy atom. The summed E-state index contributed by atoms with van der Waals surface area (Å²) in [6.45, 7) is 3.01. The maximum atomic E-state index is 5.87. The van der Waals surface area contributed by atoms with Crippen LogP contribution in [0.4, 0.5) is 5.69 Å². The van der Waals surface area contributed by atoms with Crippen LogP contribution in [0.3, 0.4) is 0 Å². The van der Waals surface area contributed by atoms with Gasteiger partial charge in [0.2, 0.25) is 0 Å². The van der Waals surface area contributed by atoms with Gasteiger partial charge in [0.05, 0.1) is 0 Å². The molecule has 0 aliphatic carbocycles. The predicted octanol–water partition coefficient (Wildman–Crippen LogP) is 2.23. The van der Waals surface area contributed by atoms with Crippen molar-refractivity contribution in [3.8, 4) is 0 Å². The van der Waals surface area contributed by atoms with Crippen LogP contribution in [-0.4, -0.2) is 12.6 Å². The Bertz CT molecular complexity index is 221. The SMILES string of the molecule is CCC[C@@H](N)CNc1ccccc1. The van der Waals surface area contributed by atoms with Crippen molar-refractivity contribution in [3.63, 3.8) is 0 Å². The Labute approximate surface area is 80.1 Å². The third-order valence-corrected chi connectivity index (χ3v) is 2.00. The van der Waals surface area contributed by atoms with E-state index in [2.05, 4.69) is 24.4 Å². The molecule has 0 heterocycles. The molecule has 13 heavy (non-hydrogen) atoms. The van der Waals surface area contributed by atoms with E-state index in [9.17, 15) is 0 Å². The average Bonchev–Trinajstić information content (AvgIpc) is 2.17. The van der Waals surface area contributed by atoms with E-state index in [1.165, 1.54) is 0 Å². The first-order valence-electron chi connectivity index (χ1n) is 4.87. The minimum atomic E-state index is 0.269. The molecule has 3 N–H and O–H groups in total. The van der Waals surface area contributed by atoms with Crippen molar-refractivity contribution in [2.75, 3.05) is 11.9 Å². The summed E-state index contributed by atoms with van der Waals surface area (Å²) in [5.74, 6) is 0. The van der Waals surface area contributed by atoms with Gasteiger partial charge < -0.3 is 11.1 Å². The smallest absolute Gasteiger partial charge is 0.0340 e. The van der Waals surface area contributed by atoms with Crippen LogP contribution in [0.5, 0.6) is 0 Å². The topological polar surface area (TPSA) is 38.0 Å². The molecular formula is C11H18N2. The summed E-state index contributed by atoms with van der Waals surface area (Å²) >= 11 is 0. The normalized spacial score (nSPS) is 12.5. The zero-order valence-electron chi connectivity index (χ0n) is 8.16. The fourth-order valence-electron chi connectivity index (χ4n) is 1.28. The molecule has 2 heteroatoms. The molecule has 0 aliphatic rings. The van der Waals surface area contributed by atoms with Crippen molar-refractivity contribution < 1.29 is 0 Å². The molecule has 0 radical (unpaired) electrons. The summed E-state index contributed by atoms with van der Waals surface area (Å²) in [4.78, 5) is 0. The fraction of sp³-hybridized carbons (Fsp3) is 0.455. The molecule has 0 spiro atoms. The average molecular weight is 178 g/mol. The molecule has 0 unspecified atom stereocenters. The van der Waals surface area contributed by atoms with Gasteiger partial charge >= 0.3 is 0 Å². The largest absolute Gasteiger partial charge is 0.383 e. The van der Waals surface area contributed by atoms with Gasteiger partial charge in [-0.1, -0.05) is 31.5 Å². The van der Waals surface area contributed by atoms with Gasteiger partial charge in [0.25, 0.3) is 0 Å². The monoisotopic (exact) mass is 178 g/mol. The molecule has 0 aliphatic heterocycles. The number of para-hydroxylation sites is 1. The van der Waals surface area contributed by atoms with E-state index in [0.717, 1.165) is 25.1 Å².